The van der Waals surface area contributed by atoms with Gasteiger partial charge in [0.25, 0.3) is 0 Å². The van der Waals surface area contributed by atoms with E-state index in [0.29, 0.717) is 21.7 Å². The number of carbonyl (C=O) groups excluding carboxylic acids is 1. The molecule has 3 N–H and O–H groups in total. The molecule has 3 saturated carbocycles. The average Bonchev–Trinajstić information content (AvgIpc) is 3.35. The lowest BCUT2D eigenvalue weighted by Gasteiger charge is -2.15. The van der Waals surface area contributed by atoms with Crippen LogP contribution in [0.2, 0.25) is 0 Å². The molecule has 0 aromatic carbocycles. The summed E-state index contributed by atoms with van der Waals surface area (Å²) in [6.45, 7) is 0.991. The zero-order valence-electron chi connectivity index (χ0n) is 12.4. The molecule has 4 nitrogen and oxygen atoms in total. The van der Waals surface area contributed by atoms with Gasteiger partial charge in [0.1, 0.15) is 5.00 Å². The van der Waals surface area contributed by atoms with Crippen LogP contribution in [0, 0.1) is 17.3 Å². The highest BCUT2D eigenvalue weighted by Crippen LogP contribution is 2.61. The fourth-order valence-corrected chi connectivity index (χ4v) is 4.41. The van der Waals surface area contributed by atoms with Crippen molar-refractivity contribution in [3.05, 3.63) is 4.88 Å². The quantitative estimate of drug-likeness (QED) is 0.756. The zero-order valence-corrected chi connectivity index (χ0v) is 13.2. The number of nitrogens with one attached hydrogen (secondary N) is 1. The molecule has 1 heterocycles. The van der Waals surface area contributed by atoms with Crippen LogP contribution in [0.25, 0.3) is 0 Å². The van der Waals surface area contributed by atoms with E-state index in [0.717, 1.165) is 30.3 Å². The van der Waals surface area contributed by atoms with E-state index in [4.69, 9.17) is 10.5 Å². The van der Waals surface area contributed by atoms with E-state index in [1.807, 2.05) is 0 Å². The van der Waals surface area contributed by atoms with Crippen LogP contribution in [0.3, 0.4) is 0 Å². The Morgan fingerprint density at radius 2 is 2.10 bits per heavy atom. The van der Waals surface area contributed by atoms with Gasteiger partial charge in [-0.05, 0) is 49.9 Å². The number of hydrogen-bond donors (Lipinski definition) is 2. The summed E-state index contributed by atoms with van der Waals surface area (Å²) in [5.41, 5.74) is 7.18. The molecule has 0 aliphatic heterocycles. The molecule has 0 bridgehead atoms. The normalized spacial score (nSPS) is 22.9. The van der Waals surface area contributed by atoms with Crippen molar-refractivity contribution in [2.24, 2.45) is 17.3 Å². The highest BCUT2D eigenvalue weighted by Gasteiger charge is 2.53. The molecule has 3 fully saturated rings. The van der Waals surface area contributed by atoms with Crippen LogP contribution in [0.15, 0.2) is 0 Å². The van der Waals surface area contributed by atoms with Crippen molar-refractivity contribution in [2.45, 2.75) is 38.5 Å². The molecule has 3 aliphatic carbocycles. The molecule has 3 aliphatic rings. The van der Waals surface area contributed by atoms with E-state index in [1.54, 1.807) is 7.11 Å². The van der Waals surface area contributed by atoms with Crippen LogP contribution in [-0.2, 0) is 0 Å². The number of nitrogens with two attached hydrogens (primary N) is 1. The number of ketones is 1. The van der Waals surface area contributed by atoms with Crippen molar-refractivity contribution in [3.63, 3.8) is 0 Å². The van der Waals surface area contributed by atoms with Crippen molar-refractivity contribution < 1.29 is 9.53 Å². The van der Waals surface area contributed by atoms with Crippen LogP contribution in [0.5, 0.6) is 5.75 Å². The molecule has 0 unspecified atom stereocenters. The van der Waals surface area contributed by atoms with E-state index in [9.17, 15) is 4.79 Å². The second-order valence-electron chi connectivity index (χ2n) is 6.84. The van der Waals surface area contributed by atoms with Gasteiger partial charge in [-0.3, -0.25) is 4.79 Å². The van der Waals surface area contributed by atoms with Crippen LogP contribution < -0.4 is 15.8 Å². The Balaban J connectivity index is 1.53. The molecule has 1 aromatic heterocycles. The standard InChI is InChI=1S/C16H22N2O2S/c1-20-13-11(17)14(12(19)9-2-3-9)21-15(13)18-8-16(6-7-16)10-4-5-10/h9-10,18H,2-8,17H2,1H3. The lowest BCUT2D eigenvalue weighted by Crippen LogP contribution is -2.17. The third kappa shape index (κ3) is 2.31. The van der Waals surface area contributed by atoms with Gasteiger partial charge in [0.05, 0.1) is 17.7 Å². The summed E-state index contributed by atoms with van der Waals surface area (Å²) in [7, 11) is 1.63. The first-order valence-corrected chi connectivity index (χ1v) is 8.70. The number of nitrogen functional groups attached to an aromatic ring is 1. The van der Waals surface area contributed by atoms with Crippen LogP contribution in [0.1, 0.15) is 48.2 Å². The fraction of sp³-hybridized carbons (Fsp3) is 0.688. The highest BCUT2D eigenvalue weighted by molar-refractivity contribution is 7.19. The van der Waals surface area contributed by atoms with E-state index >= 15 is 0 Å². The first-order chi connectivity index (χ1) is 10.1. The maximum Gasteiger partial charge on any atom is 0.178 e. The minimum Gasteiger partial charge on any atom is -0.492 e. The van der Waals surface area contributed by atoms with Gasteiger partial charge in [-0.15, -0.1) is 11.3 Å². The smallest absolute Gasteiger partial charge is 0.178 e. The Bertz CT molecular complexity index is 583. The highest BCUT2D eigenvalue weighted by atomic mass is 32.1. The number of methoxy groups -OCH3 is 1. The van der Waals surface area contributed by atoms with E-state index < -0.39 is 0 Å². The Kier molecular flexibility index (Phi) is 2.96. The molecule has 5 heteroatoms. The van der Waals surface area contributed by atoms with Crippen molar-refractivity contribution in [3.8, 4) is 5.75 Å². The molecule has 0 atom stereocenters. The number of ether oxygens (including phenoxy) is 1. The van der Waals surface area contributed by atoms with Crippen molar-refractivity contribution in [1.29, 1.82) is 0 Å². The second-order valence-corrected chi connectivity index (χ2v) is 7.86. The summed E-state index contributed by atoms with van der Waals surface area (Å²) >= 11 is 1.48. The van der Waals surface area contributed by atoms with Crippen LogP contribution in [-0.4, -0.2) is 19.4 Å². The predicted molar refractivity (Wildman–Crippen MR) is 85.2 cm³/mol. The SMILES string of the molecule is COc1c(NCC2(C3CC3)CC2)sc(C(=O)C2CC2)c1N. The number of hydrogen-bond acceptors (Lipinski definition) is 5. The minimum atomic E-state index is 0.199. The van der Waals surface area contributed by atoms with Gasteiger partial charge in [0.2, 0.25) is 0 Å². The minimum absolute atomic E-state index is 0.199. The maximum atomic E-state index is 12.3. The topological polar surface area (TPSA) is 64.3 Å². The number of Topliss-reactive ketones (excluding diaryl/α,β-unsaturated/α-hetero) is 1. The summed E-state index contributed by atoms with van der Waals surface area (Å²) < 4.78 is 5.44. The molecule has 0 spiro atoms. The molecule has 1 aromatic rings. The van der Waals surface area contributed by atoms with Crippen LogP contribution in [0.4, 0.5) is 10.7 Å². The van der Waals surface area contributed by atoms with Crippen LogP contribution >= 0.6 is 11.3 Å². The lowest BCUT2D eigenvalue weighted by atomic mass is 10.0. The van der Waals surface area contributed by atoms with E-state index in [1.165, 1.54) is 37.0 Å². The Morgan fingerprint density at radius 3 is 2.62 bits per heavy atom. The third-order valence-corrected chi connectivity index (χ3v) is 6.37. The van der Waals surface area contributed by atoms with Gasteiger partial charge in [0, 0.05) is 12.5 Å². The number of rotatable bonds is 7. The van der Waals surface area contributed by atoms with E-state index in [2.05, 4.69) is 5.32 Å². The second kappa shape index (κ2) is 4.63. The van der Waals surface area contributed by atoms with Crippen molar-refractivity contribution in [2.75, 3.05) is 24.7 Å². The zero-order chi connectivity index (χ0) is 14.6. The molecular formula is C16H22N2O2S. The molecule has 4 rings (SSSR count). The number of thiophene rings is 1. The third-order valence-electron chi connectivity index (χ3n) is 5.21. The monoisotopic (exact) mass is 306 g/mol. The largest absolute Gasteiger partial charge is 0.492 e. The van der Waals surface area contributed by atoms with Gasteiger partial charge >= 0.3 is 0 Å². The maximum absolute atomic E-state index is 12.3. The Morgan fingerprint density at radius 1 is 1.38 bits per heavy atom. The molecule has 21 heavy (non-hydrogen) atoms. The fourth-order valence-electron chi connectivity index (χ4n) is 3.30. The van der Waals surface area contributed by atoms with Crippen molar-refractivity contribution in [1.82, 2.24) is 0 Å². The molecule has 114 valence electrons. The first kappa shape index (κ1) is 13.4. The summed E-state index contributed by atoms with van der Waals surface area (Å²) in [6, 6.07) is 0. The molecule has 0 amide bonds. The lowest BCUT2D eigenvalue weighted by molar-refractivity contribution is 0.0972. The van der Waals surface area contributed by atoms with Gasteiger partial charge in [-0.2, -0.15) is 0 Å². The molecular weight excluding hydrogens is 284 g/mol. The summed E-state index contributed by atoms with van der Waals surface area (Å²) in [5, 5.41) is 4.46. The molecule has 0 saturated heterocycles. The number of carbonyl (C=O) groups is 1. The number of anilines is 2. The summed E-state index contributed by atoms with van der Waals surface area (Å²) in [6.07, 6.45) is 7.45. The van der Waals surface area contributed by atoms with E-state index in [-0.39, 0.29) is 11.7 Å². The Hall–Kier alpha value is -1.23. The van der Waals surface area contributed by atoms with Gasteiger partial charge in [-0.1, -0.05) is 0 Å². The molecule has 0 radical (unpaired) electrons. The Labute approximate surface area is 129 Å². The van der Waals surface area contributed by atoms with Gasteiger partial charge in [-0.25, -0.2) is 0 Å². The predicted octanol–water partition coefficient (Wildman–Crippen LogP) is 3.53. The first-order valence-electron chi connectivity index (χ1n) is 7.89. The van der Waals surface area contributed by atoms with Crippen molar-refractivity contribution >= 4 is 27.8 Å². The van der Waals surface area contributed by atoms with Gasteiger partial charge in [0.15, 0.2) is 11.5 Å². The average molecular weight is 306 g/mol. The van der Waals surface area contributed by atoms with Gasteiger partial charge < -0.3 is 15.8 Å². The summed E-state index contributed by atoms with van der Waals surface area (Å²) in [5.74, 6) is 1.98. The summed E-state index contributed by atoms with van der Waals surface area (Å²) in [4.78, 5) is 13.0.